The summed E-state index contributed by atoms with van der Waals surface area (Å²) in [5, 5.41) is 0.214. The molecule has 0 radical (unpaired) electrons. The summed E-state index contributed by atoms with van der Waals surface area (Å²) in [6, 6.07) is 0. The second-order valence-corrected chi connectivity index (χ2v) is 4.64. The number of ether oxygens (including phenoxy) is 1. The first-order valence-electron chi connectivity index (χ1n) is 4.71. The minimum absolute atomic E-state index is 0.0763. The van der Waals surface area contributed by atoms with Crippen molar-refractivity contribution < 1.29 is 18.3 Å². The standard InChI is InChI=1S/C10H9BrF2INO2/c1-2-17-10(16)5-4-15-6(3-11)7(8(5)14)9(12)13/h4,9H,2-3H2,1H3. The van der Waals surface area contributed by atoms with Crippen molar-refractivity contribution in [1.82, 2.24) is 4.98 Å². The van der Waals surface area contributed by atoms with Crippen molar-refractivity contribution in [3.8, 4) is 0 Å². The van der Waals surface area contributed by atoms with Gasteiger partial charge >= 0.3 is 5.97 Å². The Labute approximate surface area is 119 Å². The third kappa shape index (κ3) is 3.34. The molecule has 0 N–H and O–H groups in total. The highest BCUT2D eigenvalue weighted by Gasteiger charge is 2.23. The van der Waals surface area contributed by atoms with Gasteiger partial charge in [-0.05, 0) is 29.5 Å². The quantitative estimate of drug-likeness (QED) is 0.424. The van der Waals surface area contributed by atoms with E-state index in [9.17, 15) is 13.6 Å². The number of hydrogen-bond donors (Lipinski definition) is 0. The van der Waals surface area contributed by atoms with Crippen LogP contribution in [0.5, 0.6) is 0 Å². The number of carbonyl (C=O) groups excluding carboxylic acids is 1. The fraction of sp³-hybridized carbons (Fsp3) is 0.400. The molecular formula is C10H9BrF2INO2. The highest BCUT2D eigenvalue weighted by atomic mass is 127. The molecule has 7 heteroatoms. The van der Waals surface area contributed by atoms with Gasteiger partial charge in [0.2, 0.25) is 0 Å². The number of rotatable bonds is 4. The van der Waals surface area contributed by atoms with Gasteiger partial charge in [0.15, 0.2) is 0 Å². The molecule has 1 aromatic rings. The number of esters is 1. The molecule has 17 heavy (non-hydrogen) atoms. The first-order chi connectivity index (χ1) is 8.02. The molecule has 0 saturated carbocycles. The Morgan fingerprint density at radius 2 is 2.29 bits per heavy atom. The maximum Gasteiger partial charge on any atom is 0.340 e. The van der Waals surface area contributed by atoms with E-state index in [-0.39, 0.29) is 32.3 Å². The Kier molecular flexibility index (Phi) is 5.71. The van der Waals surface area contributed by atoms with Crippen molar-refractivity contribution in [2.45, 2.75) is 18.7 Å². The SMILES string of the molecule is CCOC(=O)c1cnc(CBr)c(C(F)F)c1I. The van der Waals surface area contributed by atoms with Crippen LogP contribution in [0.3, 0.4) is 0 Å². The van der Waals surface area contributed by atoms with Crippen LogP contribution in [-0.4, -0.2) is 17.6 Å². The lowest BCUT2D eigenvalue weighted by atomic mass is 10.1. The van der Waals surface area contributed by atoms with Gasteiger partial charge in [0.25, 0.3) is 6.43 Å². The summed E-state index contributed by atoms with van der Waals surface area (Å²) in [5.41, 5.74) is 0.0953. The number of alkyl halides is 3. The maximum atomic E-state index is 12.9. The van der Waals surface area contributed by atoms with Crippen LogP contribution in [-0.2, 0) is 10.1 Å². The van der Waals surface area contributed by atoms with Crippen molar-refractivity contribution in [3.63, 3.8) is 0 Å². The molecule has 0 bridgehead atoms. The highest BCUT2D eigenvalue weighted by molar-refractivity contribution is 14.1. The number of carbonyl (C=O) groups is 1. The maximum absolute atomic E-state index is 12.9. The van der Waals surface area contributed by atoms with E-state index in [0.717, 1.165) is 0 Å². The number of aromatic nitrogens is 1. The Morgan fingerprint density at radius 3 is 2.76 bits per heavy atom. The second-order valence-electron chi connectivity index (χ2n) is 3.00. The van der Waals surface area contributed by atoms with Gasteiger partial charge in [-0.3, -0.25) is 4.98 Å². The molecule has 0 amide bonds. The summed E-state index contributed by atoms with van der Waals surface area (Å²) in [7, 11) is 0. The van der Waals surface area contributed by atoms with Crippen molar-refractivity contribution in [1.29, 1.82) is 0 Å². The minimum atomic E-state index is -2.67. The van der Waals surface area contributed by atoms with Crippen LogP contribution >= 0.6 is 38.5 Å². The lowest BCUT2D eigenvalue weighted by Gasteiger charge is -2.11. The van der Waals surface area contributed by atoms with Crippen molar-refractivity contribution in [3.05, 3.63) is 26.6 Å². The summed E-state index contributed by atoms with van der Waals surface area (Å²) in [4.78, 5) is 15.4. The van der Waals surface area contributed by atoms with Gasteiger partial charge in [-0.15, -0.1) is 0 Å². The molecular weight excluding hydrogens is 411 g/mol. The number of pyridine rings is 1. The van der Waals surface area contributed by atoms with Crippen LogP contribution in [0.1, 0.15) is 35.0 Å². The van der Waals surface area contributed by atoms with Crippen molar-refractivity contribution >= 4 is 44.5 Å². The molecule has 0 saturated heterocycles. The van der Waals surface area contributed by atoms with Gasteiger partial charge in [0.1, 0.15) is 0 Å². The third-order valence-electron chi connectivity index (χ3n) is 1.97. The molecule has 1 heterocycles. The van der Waals surface area contributed by atoms with Crippen LogP contribution < -0.4 is 0 Å². The zero-order valence-electron chi connectivity index (χ0n) is 8.84. The largest absolute Gasteiger partial charge is 0.462 e. The molecule has 0 atom stereocenters. The minimum Gasteiger partial charge on any atom is -0.462 e. The summed E-state index contributed by atoms with van der Waals surface area (Å²) < 4.78 is 30.7. The Morgan fingerprint density at radius 1 is 1.65 bits per heavy atom. The van der Waals surface area contributed by atoms with E-state index >= 15 is 0 Å². The van der Waals surface area contributed by atoms with E-state index < -0.39 is 12.4 Å². The fourth-order valence-electron chi connectivity index (χ4n) is 1.22. The van der Waals surface area contributed by atoms with Crippen molar-refractivity contribution in [2.24, 2.45) is 0 Å². The van der Waals surface area contributed by atoms with Crippen LogP contribution in [0, 0.1) is 3.57 Å². The molecule has 0 aliphatic rings. The van der Waals surface area contributed by atoms with E-state index in [1.807, 2.05) is 0 Å². The van der Waals surface area contributed by atoms with Crippen molar-refractivity contribution in [2.75, 3.05) is 6.61 Å². The Bertz CT molecular complexity index is 429. The summed E-state index contributed by atoms with van der Waals surface area (Å²) in [6.07, 6.45) is -1.40. The number of hydrogen-bond acceptors (Lipinski definition) is 3. The van der Waals surface area contributed by atoms with Crippen LogP contribution in [0.15, 0.2) is 6.20 Å². The molecule has 0 fully saturated rings. The predicted molar refractivity (Wildman–Crippen MR) is 70.5 cm³/mol. The monoisotopic (exact) mass is 419 g/mol. The highest BCUT2D eigenvalue weighted by Crippen LogP contribution is 2.30. The zero-order valence-corrected chi connectivity index (χ0v) is 12.6. The van der Waals surface area contributed by atoms with Gasteiger partial charge in [-0.25, -0.2) is 13.6 Å². The van der Waals surface area contributed by atoms with Gasteiger partial charge in [-0.2, -0.15) is 0 Å². The first kappa shape index (κ1) is 14.7. The molecule has 3 nitrogen and oxygen atoms in total. The van der Waals surface area contributed by atoms with Crippen LogP contribution in [0.25, 0.3) is 0 Å². The smallest absolute Gasteiger partial charge is 0.340 e. The average Bonchev–Trinajstić information content (AvgIpc) is 2.27. The van der Waals surface area contributed by atoms with E-state index in [1.54, 1.807) is 29.5 Å². The summed E-state index contributed by atoms with van der Waals surface area (Å²) >= 11 is 4.81. The normalized spacial score (nSPS) is 10.7. The molecule has 1 aromatic heterocycles. The van der Waals surface area contributed by atoms with Gasteiger partial charge in [0, 0.05) is 15.1 Å². The van der Waals surface area contributed by atoms with Gasteiger partial charge in [-0.1, -0.05) is 15.9 Å². The molecule has 94 valence electrons. The van der Waals surface area contributed by atoms with E-state index in [1.165, 1.54) is 6.20 Å². The lowest BCUT2D eigenvalue weighted by Crippen LogP contribution is -2.11. The molecule has 0 aliphatic carbocycles. The Balaban J connectivity index is 3.27. The van der Waals surface area contributed by atoms with Crippen LogP contribution in [0.4, 0.5) is 8.78 Å². The molecule has 0 aromatic carbocycles. The molecule has 0 unspecified atom stereocenters. The zero-order chi connectivity index (χ0) is 13.0. The second kappa shape index (κ2) is 6.58. The number of halogens is 4. The summed E-state index contributed by atoms with van der Waals surface area (Å²) in [6.45, 7) is 1.85. The molecule has 0 aliphatic heterocycles. The van der Waals surface area contributed by atoms with Gasteiger partial charge < -0.3 is 4.74 Å². The van der Waals surface area contributed by atoms with E-state index in [0.29, 0.717) is 0 Å². The predicted octanol–water partition coefficient (Wildman–Crippen LogP) is 3.70. The molecule has 1 rings (SSSR count). The topological polar surface area (TPSA) is 39.2 Å². The van der Waals surface area contributed by atoms with E-state index in [4.69, 9.17) is 4.74 Å². The van der Waals surface area contributed by atoms with E-state index in [2.05, 4.69) is 20.9 Å². The fourth-order valence-corrected chi connectivity index (χ4v) is 2.57. The number of nitrogens with zero attached hydrogens (tertiary/aromatic N) is 1. The molecule has 0 spiro atoms. The average molecular weight is 420 g/mol. The van der Waals surface area contributed by atoms with Crippen LogP contribution in [0.2, 0.25) is 0 Å². The lowest BCUT2D eigenvalue weighted by molar-refractivity contribution is 0.0524. The first-order valence-corrected chi connectivity index (χ1v) is 6.91. The summed E-state index contributed by atoms with van der Waals surface area (Å²) in [5.74, 6) is -0.632. The van der Waals surface area contributed by atoms with Gasteiger partial charge in [0.05, 0.1) is 23.4 Å². The Hall–Kier alpha value is -0.310. The third-order valence-corrected chi connectivity index (χ3v) is 3.67.